The molecule has 1 aliphatic carbocycles. The highest BCUT2D eigenvalue weighted by atomic mass is 16.3. The summed E-state index contributed by atoms with van der Waals surface area (Å²) in [6.07, 6.45) is 5.66. The van der Waals surface area contributed by atoms with Crippen molar-refractivity contribution in [3.05, 3.63) is 23.5 Å². The molecule has 62 valence electrons. The normalized spacial score (nSPS) is 19.2. The maximum atomic E-state index is 9.11. The number of aliphatic hydroxyl groups excluding tert-OH is 1. The van der Waals surface area contributed by atoms with Gasteiger partial charge in [0.1, 0.15) is 0 Å². The maximum absolute atomic E-state index is 9.11. The molecule has 0 heterocycles. The van der Waals surface area contributed by atoms with Gasteiger partial charge in [0.25, 0.3) is 0 Å². The number of aliphatic hydroxyl groups is 1. The fourth-order valence-corrected chi connectivity index (χ4v) is 1.25. The molecule has 11 heavy (non-hydrogen) atoms. The van der Waals surface area contributed by atoms with Crippen molar-refractivity contribution in [2.24, 2.45) is 5.41 Å². The smallest absolute Gasteiger partial charge is 0.0925 e. The van der Waals surface area contributed by atoms with Gasteiger partial charge < -0.3 is 5.11 Å². The fraction of sp³-hybridized carbons (Fsp3) is 0.600. The number of rotatable bonds is 0. The molecule has 1 rings (SSSR count). The van der Waals surface area contributed by atoms with E-state index in [4.69, 9.17) is 5.11 Å². The molecule has 0 radical (unpaired) electrons. The van der Waals surface area contributed by atoms with Crippen molar-refractivity contribution < 1.29 is 5.11 Å². The van der Waals surface area contributed by atoms with Crippen LogP contribution in [0.4, 0.5) is 0 Å². The third-order valence-electron chi connectivity index (χ3n) is 2.09. The standard InChI is InChI=1S/C10H16O/c1-10(2,3)8-4-6-9(11)7-5-8/h4,6,11H,5,7H2,1-3H3. The van der Waals surface area contributed by atoms with Gasteiger partial charge in [0, 0.05) is 6.42 Å². The van der Waals surface area contributed by atoms with E-state index in [-0.39, 0.29) is 5.41 Å². The molecule has 0 atom stereocenters. The van der Waals surface area contributed by atoms with Gasteiger partial charge in [-0.05, 0) is 17.9 Å². The Labute approximate surface area is 68.4 Å². The molecule has 0 aromatic rings. The number of allylic oxidation sites excluding steroid dienone is 4. The van der Waals surface area contributed by atoms with Gasteiger partial charge in [0.2, 0.25) is 0 Å². The largest absolute Gasteiger partial charge is 0.512 e. The van der Waals surface area contributed by atoms with E-state index in [2.05, 4.69) is 20.8 Å². The van der Waals surface area contributed by atoms with E-state index in [9.17, 15) is 0 Å². The summed E-state index contributed by atoms with van der Waals surface area (Å²) in [5.74, 6) is 0.512. The van der Waals surface area contributed by atoms with Gasteiger partial charge >= 0.3 is 0 Å². The van der Waals surface area contributed by atoms with Gasteiger partial charge in [0.15, 0.2) is 0 Å². The zero-order valence-corrected chi connectivity index (χ0v) is 7.52. The lowest BCUT2D eigenvalue weighted by Crippen LogP contribution is -2.11. The topological polar surface area (TPSA) is 20.2 Å². The quantitative estimate of drug-likeness (QED) is 0.565. The molecule has 1 nitrogen and oxygen atoms in total. The SMILES string of the molecule is CC(C)(C)C1=CC=C(O)CC1. The minimum absolute atomic E-state index is 0.261. The van der Waals surface area contributed by atoms with E-state index in [1.54, 1.807) is 0 Å². The second-order valence-electron chi connectivity index (χ2n) is 4.10. The van der Waals surface area contributed by atoms with Crippen LogP contribution < -0.4 is 0 Å². The lowest BCUT2D eigenvalue weighted by Gasteiger charge is -2.24. The van der Waals surface area contributed by atoms with Crippen molar-refractivity contribution in [3.63, 3.8) is 0 Å². The summed E-state index contributed by atoms with van der Waals surface area (Å²) in [6.45, 7) is 6.61. The predicted octanol–water partition coefficient (Wildman–Crippen LogP) is 3.19. The predicted molar refractivity (Wildman–Crippen MR) is 47.5 cm³/mol. The zero-order chi connectivity index (χ0) is 8.48. The fourth-order valence-electron chi connectivity index (χ4n) is 1.25. The Hall–Kier alpha value is -0.720. The van der Waals surface area contributed by atoms with E-state index in [1.165, 1.54) is 5.57 Å². The highest BCUT2D eigenvalue weighted by Gasteiger charge is 2.18. The van der Waals surface area contributed by atoms with Gasteiger partial charge in [0.05, 0.1) is 5.76 Å². The monoisotopic (exact) mass is 152 g/mol. The van der Waals surface area contributed by atoms with Crippen LogP contribution in [0.15, 0.2) is 23.5 Å². The Balaban J connectivity index is 2.77. The summed E-state index contributed by atoms with van der Waals surface area (Å²) in [7, 11) is 0. The molecular formula is C10H16O. The Morgan fingerprint density at radius 3 is 2.18 bits per heavy atom. The van der Waals surface area contributed by atoms with Gasteiger partial charge in [-0.3, -0.25) is 0 Å². The van der Waals surface area contributed by atoms with Crippen molar-refractivity contribution in [2.45, 2.75) is 33.6 Å². The Bertz CT molecular complexity index is 203. The number of hydrogen-bond acceptors (Lipinski definition) is 1. The molecule has 0 amide bonds. The molecule has 1 N–H and O–H groups in total. The van der Waals surface area contributed by atoms with Crippen LogP contribution in [0.2, 0.25) is 0 Å². The maximum Gasteiger partial charge on any atom is 0.0925 e. The summed E-state index contributed by atoms with van der Waals surface area (Å²) in [5, 5.41) is 9.11. The van der Waals surface area contributed by atoms with Gasteiger partial charge in [-0.1, -0.05) is 32.4 Å². The third-order valence-corrected chi connectivity index (χ3v) is 2.09. The molecule has 0 bridgehead atoms. The first kappa shape index (κ1) is 8.38. The first-order valence-corrected chi connectivity index (χ1v) is 4.09. The molecule has 0 unspecified atom stereocenters. The van der Waals surface area contributed by atoms with Gasteiger partial charge in [-0.15, -0.1) is 0 Å². The minimum atomic E-state index is 0.261. The van der Waals surface area contributed by atoms with Crippen LogP contribution in [-0.4, -0.2) is 5.11 Å². The molecule has 0 aromatic heterocycles. The van der Waals surface area contributed by atoms with Crippen LogP contribution in [0.25, 0.3) is 0 Å². The van der Waals surface area contributed by atoms with Crippen molar-refractivity contribution in [1.29, 1.82) is 0 Å². The highest BCUT2D eigenvalue weighted by molar-refractivity contribution is 5.24. The van der Waals surface area contributed by atoms with Crippen LogP contribution in [-0.2, 0) is 0 Å². The number of hydrogen-bond donors (Lipinski definition) is 1. The first-order valence-electron chi connectivity index (χ1n) is 4.09. The molecule has 1 aliphatic rings. The summed E-state index contributed by atoms with van der Waals surface area (Å²) >= 11 is 0. The zero-order valence-electron chi connectivity index (χ0n) is 7.52. The first-order chi connectivity index (χ1) is 5.00. The lowest BCUT2D eigenvalue weighted by atomic mass is 9.82. The second-order valence-corrected chi connectivity index (χ2v) is 4.10. The molecular weight excluding hydrogens is 136 g/mol. The van der Waals surface area contributed by atoms with E-state index in [1.807, 2.05) is 12.2 Å². The Morgan fingerprint density at radius 2 is 1.82 bits per heavy atom. The van der Waals surface area contributed by atoms with Crippen LogP contribution in [0, 0.1) is 5.41 Å². The van der Waals surface area contributed by atoms with Gasteiger partial charge in [-0.25, -0.2) is 0 Å². The summed E-state index contributed by atoms with van der Waals surface area (Å²) in [5.41, 5.74) is 1.69. The van der Waals surface area contributed by atoms with Gasteiger partial charge in [-0.2, -0.15) is 0 Å². The summed E-state index contributed by atoms with van der Waals surface area (Å²) in [4.78, 5) is 0. The average molecular weight is 152 g/mol. The molecule has 1 heteroatoms. The Kier molecular flexibility index (Phi) is 2.08. The van der Waals surface area contributed by atoms with Crippen LogP contribution in [0.1, 0.15) is 33.6 Å². The molecule has 0 fully saturated rings. The van der Waals surface area contributed by atoms with E-state index in [0.717, 1.165) is 12.8 Å². The van der Waals surface area contributed by atoms with Crippen molar-refractivity contribution >= 4 is 0 Å². The van der Waals surface area contributed by atoms with E-state index >= 15 is 0 Å². The second kappa shape index (κ2) is 2.72. The van der Waals surface area contributed by atoms with Crippen molar-refractivity contribution in [1.82, 2.24) is 0 Å². The molecule has 0 aromatic carbocycles. The Morgan fingerprint density at radius 1 is 1.18 bits per heavy atom. The summed E-state index contributed by atoms with van der Waals surface area (Å²) < 4.78 is 0. The van der Waals surface area contributed by atoms with Crippen LogP contribution >= 0.6 is 0 Å². The summed E-state index contributed by atoms with van der Waals surface area (Å²) in [6, 6.07) is 0. The van der Waals surface area contributed by atoms with Crippen molar-refractivity contribution in [3.8, 4) is 0 Å². The molecule has 0 saturated carbocycles. The average Bonchev–Trinajstić information content (AvgIpc) is 1.86. The third kappa shape index (κ3) is 2.11. The van der Waals surface area contributed by atoms with Crippen molar-refractivity contribution in [2.75, 3.05) is 0 Å². The molecule has 0 saturated heterocycles. The van der Waals surface area contributed by atoms with Crippen LogP contribution in [0.5, 0.6) is 0 Å². The van der Waals surface area contributed by atoms with Crippen LogP contribution in [0.3, 0.4) is 0 Å². The highest BCUT2D eigenvalue weighted by Crippen LogP contribution is 2.32. The molecule has 0 spiro atoms. The van der Waals surface area contributed by atoms with E-state index in [0.29, 0.717) is 5.76 Å². The van der Waals surface area contributed by atoms with E-state index < -0.39 is 0 Å². The molecule has 0 aliphatic heterocycles. The minimum Gasteiger partial charge on any atom is -0.512 e. The lowest BCUT2D eigenvalue weighted by molar-refractivity contribution is 0.374.